The summed E-state index contributed by atoms with van der Waals surface area (Å²) >= 11 is 12.7. The smallest absolute Gasteiger partial charge is 0.187 e. The maximum Gasteiger partial charge on any atom is 0.187 e. The quantitative estimate of drug-likeness (QED) is 0.444. The van der Waals surface area contributed by atoms with Gasteiger partial charge in [0.1, 0.15) is 29.7 Å². The molecule has 0 spiro atoms. The number of hydrogen-bond acceptors (Lipinski definition) is 5. The number of benzene rings is 1. The molecular weight excluding hydrogens is 397 g/mol. The molecule has 0 unspecified atom stereocenters. The average Bonchev–Trinajstić information content (AvgIpc) is 3.34. The van der Waals surface area contributed by atoms with Crippen molar-refractivity contribution in [3.8, 4) is 28.5 Å². The van der Waals surface area contributed by atoms with E-state index in [9.17, 15) is 0 Å². The summed E-state index contributed by atoms with van der Waals surface area (Å²) in [5.41, 5.74) is 3.59. The Morgan fingerprint density at radius 2 is 1.82 bits per heavy atom. The Balaban J connectivity index is 1.84. The molecule has 9 heteroatoms. The minimum Gasteiger partial charge on any atom is -0.296 e. The molecule has 0 saturated heterocycles. The topological polar surface area (TPSA) is 73.8 Å². The van der Waals surface area contributed by atoms with E-state index in [0.717, 1.165) is 17.0 Å². The lowest BCUT2D eigenvalue weighted by Crippen LogP contribution is -2.01. The third kappa shape index (κ3) is 2.72. The van der Waals surface area contributed by atoms with E-state index >= 15 is 0 Å². The van der Waals surface area contributed by atoms with Gasteiger partial charge in [-0.05, 0) is 30.3 Å². The van der Waals surface area contributed by atoms with Crippen molar-refractivity contribution < 1.29 is 0 Å². The first-order valence-electron chi connectivity index (χ1n) is 8.30. The van der Waals surface area contributed by atoms with Crippen LogP contribution in [-0.2, 0) is 0 Å². The monoisotopic (exact) mass is 407 g/mol. The van der Waals surface area contributed by atoms with Crippen LogP contribution in [-0.4, -0.2) is 34.1 Å². The van der Waals surface area contributed by atoms with Gasteiger partial charge in [-0.2, -0.15) is 0 Å². The molecule has 7 nitrogen and oxygen atoms in total. The van der Waals surface area contributed by atoms with Gasteiger partial charge in [0.2, 0.25) is 0 Å². The summed E-state index contributed by atoms with van der Waals surface area (Å²) < 4.78 is 3.75. The molecule has 1 aromatic carbocycles. The lowest BCUT2D eigenvalue weighted by atomic mass is 10.1. The number of rotatable bonds is 3. The maximum absolute atomic E-state index is 6.48. The number of hydrogen-bond donors (Lipinski definition) is 0. The van der Waals surface area contributed by atoms with Gasteiger partial charge in [-0.15, -0.1) is 10.2 Å². The Labute approximate surface area is 169 Å². The van der Waals surface area contributed by atoms with E-state index in [-0.39, 0.29) is 0 Å². The van der Waals surface area contributed by atoms with Crippen LogP contribution >= 0.6 is 23.2 Å². The first kappa shape index (κ1) is 16.9. The number of fused-ring (bicyclic) bond motifs is 1. The van der Waals surface area contributed by atoms with Gasteiger partial charge in [0.25, 0.3) is 0 Å². The lowest BCUT2D eigenvalue weighted by Gasteiger charge is -2.09. The van der Waals surface area contributed by atoms with Gasteiger partial charge in [0.15, 0.2) is 5.82 Å². The van der Waals surface area contributed by atoms with Crippen LogP contribution in [0, 0.1) is 0 Å². The van der Waals surface area contributed by atoms with Gasteiger partial charge in [0.05, 0.1) is 23.1 Å². The fraction of sp³-hybridized carbons (Fsp3) is 0. The highest BCUT2D eigenvalue weighted by Crippen LogP contribution is 2.37. The van der Waals surface area contributed by atoms with E-state index in [0.29, 0.717) is 27.1 Å². The van der Waals surface area contributed by atoms with Gasteiger partial charge in [-0.25, -0.2) is 15.0 Å². The third-order valence-corrected chi connectivity index (χ3v) is 4.86. The summed E-state index contributed by atoms with van der Waals surface area (Å²) in [6, 6.07) is 11.0. The second-order valence-electron chi connectivity index (χ2n) is 5.98. The predicted molar refractivity (Wildman–Crippen MR) is 107 cm³/mol. The van der Waals surface area contributed by atoms with E-state index in [1.54, 1.807) is 41.5 Å². The molecule has 0 N–H and O–H groups in total. The highest BCUT2D eigenvalue weighted by atomic mass is 35.5. The van der Waals surface area contributed by atoms with Crippen molar-refractivity contribution in [3.05, 3.63) is 77.7 Å². The van der Waals surface area contributed by atoms with Crippen molar-refractivity contribution in [2.24, 2.45) is 0 Å². The molecule has 0 radical (unpaired) electrons. The number of halogens is 2. The van der Waals surface area contributed by atoms with Crippen molar-refractivity contribution in [2.45, 2.75) is 0 Å². The fourth-order valence-electron chi connectivity index (χ4n) is 3.08. The molecule has 136 valence electrons. The van der Waals surface area contributed by atoms with Gasteiger partial charge >= 0.3 is 0 Å². The molecule has 5 rings (SSSR count). The summed E-state index contributed by atoms with van der Waals surface area (Å²) in [7, 11) is 0. The van der Waals surface area contributed by atoms with E-state index in [1.807, 2.05) is 28.8 Å². The largest absolute Gasteiger partial charge is 0.296 e. The summed E-state index contributed by atoms with van der Waals surface area (Å²) in [4.78, 5) is 12.9. The zero-order valence-corrected chi connectivity index (χ0v) is 15.7. The molecule has 0 fully saturated rings. The minimum absolute atomic E-state index is 0.545. The fourth-order valence-corrected chi connectivity index (χ4v) is 3.46. The number of imidazole rings is 1. The SMILES string of the molecule is Clc1ccc(Cl)c(-c2nc3ccccn3c2-c2nncn2-c2cncnc2)c1. The molecule has 0 aliphatic heterocycles. The molecule has 0 amide bonds. The normalized spacial score (nSPS) is 11.2. The Bertz CT molecular complexity index is 1290. The second kappa shape index (κ2) is 6.70. The summed E-state index contributed by atoms with van der Waals surface area (Å²) in [6.07, 6.45) is 8.38. The first-order chi connectivity index (χ1) is 13.7. The molecule has 28 heavy (non-hydrogen) atoms. The predicted octanol–water partition coefficient (Wildman–Crippen LogP) is 4.35. The highest BCUT2D eigenvalue weighted by Gasteiger charge is 2.22. The molecule has 0 aliphatic carbocycles. The lowest BCUT2D eigenvalue weighted by molar-refractivity contribution is 1.000. The van der Waals surface area contributed by atoms with Crippen molar-refractivity contribution in [1.82, 2.24) is 34.1 Å². The van der Waals surface area contributed by atoms with Gasteiger partial charge in [-0.1, -0.05) is 29.3 Å². The van der Waals surface area contributed by atoms with Gasteiger partial charge < -0.3 is 0 Å². The van der Waals surface area contributed by atoms with Crippen LogP contribution in [0.2, 0.25) is 10.0 Å². The average molecular weight is 408 g/mol. The van der Waals surface area contributed by atoms with Crippen molar-refractivity contribution >= 4 is 28.8 Å². The Morgan fingerprint density at radius 3 is 2.68 bits per heavy atom. The van der Waals surface area contributed by atoms with Crippen LogP contribution in [0.25, 0.3) is 34.1 Å². The minimum atomic E-state index is 0.545. The second-order valence-corrected chi connectivity index (χ2v) is 6.83. The van der Waals surface area contributed by atoms with Gasteiger partial charge in [-0.3, -0.25) is 8.97 Å². The summed E-state index contributed by atoms with van der Waals surface area (Å²) in [6.45, 7) is 0. The van der Waals surface area contributed by atoms with E-state index in [1.165, 1.54) is 6.33 Å². The van der Waals surface area contributed by atoms with Crippen molar-refractivity contribution in [3.63, 3.8) is 0 Å². The molecule has 4 aromatic heterocycles. The summed E-state index contributed by atoms with van der Waals surface area (Å²) in [5.74, 6) is 0.583. The molecule has 0 atom stereocenters. The molecular formula is C19H11Cl2N7. The van der Waals surface area contributed by atoms with Crippen molar-refractivity contribution in [1.29, 1.82) is 0 Å². The van der Waals surface area contributed by atoms with E-state index < -0.39 is 0 Å². The van der Waals surface area contributed by atoms with Crippen LogP contribution in [0.5, 0.6) is 0 Å². The van der Waals surface area contributed by atoms with E-state index in [4.69, 9.17) is 28.2 Å². The van der Waals surface area contributed by atoms with Crippen LogP contribution in [0.15, 0.2) is 67.6 Å². The first-order valence-corrected chi connectivity index (χ1v) is 9.06. The Morgan fingerprint density at radius 1 is 0.964 bits per heavy atom. The Hall–Kier alpha value is -3.29. The molecule has 0 saturated carbocycles. The van der Waals surface area contributed by atoms with E-state index in [2.05, 4.69) is 20.2 Å². The number of aromatic nitrogens is 7. The van der Waals surface area contributed by atoms with Gasteiger partial charge in [0, 0.05) is 16.8 Å². The zero-order chi connectivity index (χ0) is 19.1. The standard InChI is InChI=1S/C19H11Cl2N7/c20-12-4-5-15(21)14(7-12)17-18(27-6-2-1-3-16(27)25-17)19-26-24-11-28(19)13-8-22-10-23-9-13/h1-11H. The maximum atomic E-state index is 6.48. The van der Waals surface area contributed by atoms with Crippen LogP contribution < -0.4 is 0 Å². The highest BCUT2D eigenvalue weighted by molar-refractivity contribution is 6.35. The molecule has 0 aliphatic rings. The Kier molecular flexibility index (Phi) is 4.03. The van der Waals surface area contributed by atoms with Crippen LogP contribution in [0.3, 0.4) is 0 Å². The molecule has 4 heterocycles. The number of pyridine rings is 1. The molecule has 0 bridgehead atoms. The van der Waals surface area contributed by atoms with Crippen LogP contribution in [0.1, 0.15) is 0 Å². The zero-order valence-electron chi connectivity index (χ0n) is 14.2. The summed E-state index contributed by atoms with van der Waals surface area (Å²) in [5, 5.41) is 9.55. The van der Waals surface area contributed by atoms with Crippen molar-refractivity contribution in [2.75, 3.05) is 0 Å². The molecule has 5 aromatic rings. The number of nitrogens with zero attached hydrogens (tertiary/aromatic N) is 7. The van der Waals surface area contributed by atoms with Crippen LogP contribution in [0.4, 0.5) is 0 Å². The third-order valence-electron chi connectivity index (χ3n) is 4.30.